The van der Waals surface area contributed by atoms with E-state index in [1.54, 1.807) is 37.5 Å². The lowest BCUT2D eigenvalue weighted by Crippen LogP contribution is -2.57. The van der Waals surface area contributed by atoms with Gasteiger partial charge in [0.05, 0.1) is 31.7 Å². The lowest BCUT2D eigenvalue weighted by molar-refractivity contribution is -0.149. The highest BCUT2D eigenvalue weighted by Gasteiger charge is 2.76. The van der Waals surface area contributed by atoms with E-state index in [1.165, 1.54) is 9.80 Å². The molecule has 3 saturated heterocycles. The first kappa shape index (κ1) is 22.8. The van der Waals surface area contributed by atoms with Crippen molar-refractivity contribution in [1.82, 2.24) is 4.90 Å². The van der Waals surface area contributed by atoms with Gasteiger partial charge in [-0.25, -0.2) is 0 Å². The quantitative estimate of drug-likeness (QED) is 0.398. The van der Waals surface area contributed by atoms with Gasteiger partial charge in [-0.3, -0.25) is 14.4 Å². The third-order valence-corrected chi connectivity index (χ3v) is 7.46. The number of ether oxygens (including phenoxy) is 2. The monoisotopic (exact) mass is 508 g/mol. The number of likely N-dealkylation sites (tertiary alicyclic amines) is 1. The Morgan fingerprint density at radius 3 is 2.66 bits per heavy atom. The van der Waals surface area contributed by atoms with Gasteiger partial charge in [-0.15, -0.1) is 6.58 Å². The minimum atomic E-state index is -1.28. The summed E-state index contributed by atoms with van der Waals surface area (Å²) in [6.07, 6.45) is 1.19. The topological polar surface area (TPSA) is 117 Å². The summed E-state index contributed by atoms with van der Waals surface area (Å²) in [5, 5.41) is 19.4. The number of carbonyl (C=O) groups is 3. The van der Waals surface area contributed by atoms with Crippen LogP contribution < -0.4 is 9.64 Å². The van der Waals surface area contributed by atoms with Crippen molar-refractivity contribution in [2.45, 2.75) is 29.0 Å². The number of aliphatic hydroxyl groups is 1. The fraction of sp³-hybridized carbons (Fsp3) is 0.500. The van der Waals surface area contributed by atoms with Crippen molar-refractivity contribution in [3.8, 4) is 5.75 Å². The number of carboxylic acids is 1. The zero-order valence-corrected chi connectivity index (χ0v) is 19.1. The molecule has 3 fully saturated rings. The highest BCUT2D eigenvalue weighted by molar-refractivity contribution is 9.09. The van der Waals surface area contributed by atoms with Crippen LogP contribution in [0.1, 0.15) is 6.42 Å². The molecular weight excluding hydrogens is 484 g/mol. The lowest BCUT2D eigenvalue weighted by atomic mass is 9.70. The van der Waals surface area contributed by atoms with E-state index in [-0.39, 0.29) is 24.5 Å². The highest BCUT2D eigenvalue weighted by atomic mass is 79.9. The number of alkyl halides is 1. The molecule has 32 heavy (non-hydrogen) atoms. The maximum Gasteiger partial charge on any atom is 0.310 e. The highest BCUT2D eigenvalue weighted by Crippen LogP contribution is 2.60. The molecular formula is C22H25BrN2O7. The fourth-order valence-electron chi connectivity index (χ4n) is 5.40. The number of carboxylic acid groups (broad SMARTS) is 1. The predicted molar refractivity (Wildman–Crippen MR) is 118 cm³/mol. The number of methoxy groups -OCH3 is 1. The Morgan fingerprint density at radius 2 is 2.09 bits per heavy atom. The number of rotatable bonds is 8. The number of aliphatic carboxylic acids is 1. The van der Waals surface area contributed by atoms with Gasteiger partial charge in [-0.2, -0.15) is 0 Å². The summed E-state index contributed by atoms with van der Waals surface area (Å²) in [5.41, 5.74) is -0.707. The second kappa shape index (κ2) is 8.49. The van der Waals surface area contributed by atoms with Crippen molar-refractivity contribution in [2.24, 2.45) is 11.8 Å². The van der Waals surface area contributed by atoms with E-state index in [0.29, 0.717) is 17.9 Å². The largest absolute Gasteiger partial charge is 0.497 e. The maximum absolute atomic E-state index is 14.0. The molecule has 0 aliphatic carbocycles. The van der Waals surface area contributed by atoms with Crippen LogP contribution in [-0.2, 0) is 19.1 Å². The van der Waals surface area contributed by atoms with Crippen molar-refractivity contribution in [3.63, 3.8) is 0 Å². The van der Waals surface area contributed by atoms with Gasteiger partial charge in [0.25, 0.3) is 5.91 Å². The maximum atomic E-state index is 14.0. The smallest absolute Gasteiger partial charge is 0.310 e. The number of aliphatic hydroxyl groups excluding tert-OH is 1. The van der Waals surface area contributed by atoms with Crippen molar-refractivity contribution in [3.05, 3.63) is 36.9 Å². The van der Waals surface area contributed by atoms with E-state index in [9.17, 15) is 24.6 Å². The van der Waals surface area contributed by atoms with Gasteiger partial charge in [-0.1, -0.05) is 22.0 Å². The Bertz CT molecular complexity index is 939. The summed E-state index contributed by atoms with van der Waals surface area (Å²) in [6, 6.07) is 5.82. The van der Waals surface area contributed by atoms with Gasteiger partial charge < -0.3 is 29.5 Å². The minimum Gasteiger partial charge on any atom is -0.497 e. The molecule has 10 heteroatoms. The zero-order valence-electron chi connectivity index (χ0n) is 17.5. The second-order valence-corrected chi connectivity index (χ2v) is 9.37. The third-order valence-electron chi connectivity index (χ3n) is 6.61. The van der Waals surface area contributed by atoms with E-state index in [0.717, 1.165) is 0 Å². The average Bonchev–Trinajstić information content (AvgIpc) is 3.36. The molecule has 2 amide bonds. The molecule has 9 nitrogen and oxygen atoms in total. The first-order valence-electron chi connectivity index (χ1n) is 10.3. The summed E-state index contributed by atoms with van der Waals surface area (Å²) in [6.45, 7) is 3.46. The van der Waals surface area contributed by atoms with Crippen LogP contribution in [-0.4, -0.2) is 82.3 Å². The first-order chi connectivity index (χ1) is 15.3. The van der Waals surface area contributed by atoms with Gasteiger partial charge in [-0.05, 0) is 30.7 Å². The number of anilines is 1. The molecule has 0 saturated carbocycles. The fourth-order valence-corrected chi connectivity index (χ4v) is 6.34. The zero-order chi connectivity index (χ0) is 23.2. The van der Waals surface area contributed by atoms with Crippen LogP contribution in [0.25, 0.3) is 0 Å². The summed E-state index contributed by atoms with van der Waals surface area (Å²) >= 11 is 3.50. The van der Waals surface area contributed by atoms with Crippen LogP contribution in [0.5, 0.6) is 5.75 Å². The van der Waals surface area contributed by atoms with E-state index in [2.05, 4.69) is 22.5 Å². The summed E-state index contributed by atoms with van der Waals surface area (Å²) in [4.78, 5) is 41.8. The molecule has 2 bridgehead atoms. The SMILES string of the molecule is C=CCN(C(=O)[C@H]1N(CCO)C(=O)[C@@H]2[C@@H](C(=O)O)[C@@H]3O[C@@]21CC3Br)c1ccc(OC)cc1. The van der Waals surface area contributed by atoms with E-state index in [1.807, 2.05) is 0 Å². The van der Waals surface area contributed by atoms with Crippen LogP contribution in [0.3, 0.4) is 0 Å². The van der Waals surface area contributed by atoms with Gasteiger partial charge in [0.15, 0.2) is 0 Å². The Hall–Kier alpha value is -2.43. The molecule has 2 N–H and O–H groups in total. The summed E-state index contributed by atoms with van der Waals surface area (Å²) in [5.74, 6) is -3.44. The minimum absolute atomic E-state index is 0.0919. The number of nitrogens with zero attached hydrogens (tertiary/aromatic N) is 2. The Morgan fingerprint density at radius 1 is 1.41 bits per heavy atom. The van der Waals surface area contributed by atoms with Crippen LogP contribution in [0.2, 0.25) is 0 Å². The molecule has 0 aromatic heterocycles. The number of hydrogen-bond donors (Lipinski definition) is 2. The van der Waals surface area contributed by atoms with Gasteiger partial charge in [0.2, 0.25) is 5.91 Å². The second-order valence-electron chi connectivity index (χ2n) is 8.19. The van der Waals surface area contributed by atoms with Gasteiger partial charge in [0, 0.05) is 23.6 Å². The van der Waals surface area contributed by atoms with Crippen LogP contribution >= 0.6 is 15.9 Å². The number of β-amino-alcohol motifs (C(OH)–C–C–N with tert-alkyl or cyclic N) is 1. The molecule has 6 atom stereocenters. The number of halogens is 1. The Balaban J connectivity index is 1.78. The molecule has 3 aliphatic rings. The van der Waals surface area contributed by atoms with E-state index >= 15 is 0 Å². The number of benzene rings is 1. The number of amides is 2. The Labute approximate surface area is 193 Å². The Kier molecular flexibility index (Phi) is 6.04. The van der Waals surface area contributed by atoms with Crippen LogP contribution in [0, 0.1) is 11.8 Å². The molecule has 1 spiro atoms. The first-order valence-corrected chi connectivity index (χ1v) is 11.2. The van der Waals surface area contributed by atoms with E-state index < -0.39 is 47.4 Å². The average molecular weight is 509 g/mol. The third kappa shape index (κ3) is 3.23. The lowest BCUT2D eigenvalue weighted by Gasteiger charge is -2.36. The van der Waals surface area contributed by atoms with Crippen molar-refractivity contribution in [1.29, 1.82) is 0 Å². The normalized spacial score (nSPS) is 32.7. The van der Waals surface area contributed by atoms with Gasteiger partial charge in [0.1, 0.15) is 17.4 Å². The number of hydrogen-bond acceptors (Lipinski definition) is 6. The van der Waals surface area contributed by atoms with Crippen LogP contribution in [0.4, 0.5) is 5.69 Å². The molecule has 172 valence electrons. The molecule has 3 heterocycles. The van der Waals surface area contributed by atoms with Crippen LogP contribution in [0.15, 0.2) is 36.9 Å². The molecule has 4 rings (SSSR count). The van der Waals surface area contributed by atoms with E-state index in [4.69, 9.17) is 9.47 Å². The van der Waals surface area contributed by atoms with Crippen molar-refractivity contribution < 1.29 is 34.1 Å². The van der Waals surface area contributed by atoms with Gasteiger partial charge >= 0.3 is 5.97 Å². The standard InChI is InChI=1S/C22H25BrN2O7/c1-3-8-24(12-4-6-13(31-2)7-5-12)20(28)18-22-11-14(23)17(32-22)15(21(29)30)16(22)19(27)25(18)9-10-26/h3-7,14-18,26H,1,8-11H2,2H3,(H,29,30)/t14?,15-,16+,17-,18-,22+/m1/s1. The molecule has 1 unspecified atom stereocenters. The molecule has 1 aromatic carbocycles. The number of fused-ring (bicyclic) bond motifs is 1. The number of carbonyl (C=O) groups excluding carboxylic acids is 2. The summed E-state index contributed by atoms with van der Waals surface area (Å²) < 4.78 is 11.4. The van der Waals surface area contributed by atoms with Crippen molar-refractivity contribution >= 4 is 39.4 Å². The summed E-state index contributed by atoms with van der Waals surface area (Å²) in [7, 11) is 1.54. The van der Waals surface area contributed by atoms with Crippen molar-refractivity contribution in [2.75, 3.05) is 31.7 Å². The molecule has 0 radical (unpaired) electrons. The molecule has 1 aromatic rings. The predicted octanol–water partition coefficient (Wildman–Crippen LogP) is 1.04. The molecule has 3 aliphatic heterocycles.